The van der Waals surface area contributed by atoms with Crippen LogP contribution < -0.4 is 15.0 Å². The molecule has 3 rings (SSSR count). The first-order chi connectivity index (χ1) is 12.7. The molecule has 6 heteroatoms. The van der Waals surface area contributed by atoms with Crippen LogP contribution in [-0.2, 0) is 9.53 Å². The Hall–Kier alpha value is -2.60. The zero-order valence-electron chi connectivity index (χ0n) is 15.1. The van der Waals surface area contributed by atoms with Gasteiger partial charge in [0.05, 0.1) is 31.7 Å². The van der Waals surface area contributed by atoms with Crippen molar-refractivity contribution in [1.82, 2.24) is 4.98 Å². The number of hydrogen-bond acceptors (Lipinski definition) is 5. The molecule has 0 saturated carbocycles. The topological polar surface area (TPSA) is 63.7 Å². The van der Waals surface area contributed by atoms with Gasteiger partial charge in [-0.1, -0.05) is 12.1 Å². The highest BCUT2D eigenvalue weighted by atomic mass is 16.5. The van der Waals surface area contributed by atoms with Crippen LogP contribution in [0.25, 0.3) is 0 Å². The van der Waals surface area contributed by atoms with Gasteiger partial charge in [-0.05, 0) is 43.2 Å². The van der Waals surface area contributed by atoms with Crippen molar-refractivity contribution in [3.8, 4) is 5.75 Å². The maximum absolute atomic E-state index is 12.0. The van der Waals surface area contributed by atoms with Crippen LogP contribution in [0.1, 0.15) is 18.4 Å². The molecule has 0 radical (unpaired) electrons. The van der Waals surface area contributed by atoms with Gasteiger partial charge < -0.3 is 19.7 Å². The summed E-state index contributed by atoms with van der Waals surface area (Å²) in [7, 11) is 0. The molecule has 2 heterocycles. The van der Waals surface area contributed by atoms with E-state index in [1.54, 1.807) is 6.20 Å². The third-order valence-corrected chi connectivity index (χ3v) is 4.20. The number of aromatic nitrogens is 1. The van der Waals surface area contributed by atoms with Crippen LogP contribution >= 0.6 is 0 Å². The lowest BCUT2D eigenvalue weighted by atomic mass is 10.2. The van der Waals surface area contributed by atoms with Crippen LogP contribution in [0.5, 0.6) is 5.75 Å². The van der Waals surface area contributed by atoms with Crippen molar-refractivity contribution in [1.29, 1.82) is 0 Å². The molecule has 1 aliphatic rings. The first-order valence-corrected chi connectivity index (χ1v) is 8.99. The van der Waals surface area contributed by atoms with E-state index in [-0.39, 0.29) is 5.91 Å². The summed E-state index contributed by atoms with van der Waals surface area (Å²) in [6, 6.07) is 11.7. The number of carbonyl (C=O) groups excluding carboxylic acids is 1. The molecule has 1 N–H and O–H groups in total. The zero-order valence-corrected chi connectivity index (χ0v) is 15.1. The van der Waals surface area contributed by atoms with Gasteiger partial charge in [0.15, 0.2) is 0 Å². The molecule has 138 valence electrons. The Morgan fingerprint density at radius 2 is 2.12 bits per heavy atom. The van der Waals surface area contributed by atoms with Crippen molar-refractivity contribution in [2.45, 2.75) is 19.8 Å². The molecule has 1 aliphatic heterocycles. The second-order valence-electron chi connectivity index (χ2n) is 6.32. The van der Waals surface area contributed by atoms with E-state index in [1.165, 1.54) is 0 Å². The van der Waals surface area contributed by atoms with E-state index in [0.29, 0.717) is 25.3 Å². The minimum atomic E-state index is -0.0514. The number of ether oxygens (including phenoxy) is 2. The second kappa shape index (κ2) is 9.20. The van der Waals surface area contributed by atoms with E-state index in [0.717, 1.165) is 43.3 Å². The number of aryl methyl sites for hydroxylation is 1. The van der Waals surface area contributed by atoms with Crippen molar-refractivity contribution < 1.29 is 14.3 Å². The average molecular weight is 355 g/mol. The van der Waals surface area contributed by atoms with Gasteiger partial charge in [-0.3, -0.25) is 4.79 Å². The average Bonchev–Trinajstić information content (AvgIpc) is 2.67. The molecule has 6 nitrogen and oxygen atoms in total. The number of pyridine rings is 1. The van der Waals surface area contributed by atoms with Crippen LogP contribution in [0.4, 0.5) is 11.5 Å². The smallest absolute Gasteiger partial charge is 0.225 e. The summed E-state index contributed by atoms with van der Waals surface area (Å²) in [5.74, 6) is 1.36. The number of carbonyl (C=O) groups is 1. The highest BCUT2D eigenvalue weighted by Crippen LogP contribution is 2.17. The molecular formula is C20H25N3O3. The van der Waals surface area contributed by atoms with E-state index in [4.69, 9.17) is 9.47 Å². The molecule has 0 unspecified atom stereocenters. The van der Waals surface area contributed by atoms with Gasteiger partial charge >= 0.3 is 0 Å². The summed E-state index contributed by atoms with van der Waals surface area (Å²) in [4.78, 5) is 18.6. The van der Waals surface area contributed by atoms with Gasteiger partial charge in [0.25, 0.3) is 0 Å². The molecule has 0 bridgehead atoms. The van der Waals surface area contributed by atoms with Crippen molar-refractivity contribution in [2.75, 3.05) is 43.1 Å². The van der Waals surface area contributed by atoms with E-state index in [2.05, 4.69) is 15.2 Å². The molecule has 1 aromatic carbocycles. The molecular weight excluding hydrogens is 330 g/mol. The fraction of sp³-hybridized carbons (Fsp3) is 0.400. The molecule has 0 spiro atoms. The molecule has 26 heavy (non-hydrogen) atoms. The van der Waals surface area contributed by atoms with Crippen LogP contribution in [0.3, 0.4) is 0 Å². The molecule has 1 aromatic heterocycles. The van der Waals surface area contributed by atoms with E-state index in [1.807, 2.05) is 43.3 Å². The van der Waals surface area contributed by atoms with Gasteiger partial charge in [0.1, 0.15) is 11.6 Å². The maximum Gasteiger partial charge on any atom is 0.225 e. The Morgan fingerprint density at radius 3 is 2.85 bits per heavy atom. The molecule has 2 aromatic rings. The first-order valence-electron chi connectivity index (χ1n) is 8.99. The molecule has 1 fully saturated rings. The number of nitrogens with zero attached hydrogens (tertiary/aromatic N) is 2. The largest absolute Gasteiger partial charge is 0.494 e. The van der Waals surface area contributed by atoms with Crippen molar-refractivity contribution in [3.05, 3.63) is 48.2 Å². The minimum Gasteiger partial charge on any atom is -0.494 e. The Morgan fingerprint density at radius 1 is 1.27 bits per heavy atom. The van der Waals surface area contributed by atoms with Crippen LogP contribution in [0.2, 0.25) is 0 Å². The number of amides is 1. The van der Waals surface area contributed by atoms with Crippen molar-refractivity contribution in [2.24, 2.45) is 0 Å². The van der Waals surface area contributed by atoms with E-state index >= 15 is 0 Å². The predicted molar refractivity (Wildman–Crippen MR) is 102 cm³/mol. The first kappa shape index (κ1) is 18.2. The molecule has 0 atom stereocenters. The Bertz CT molecular complexity index is 712. The lowest BCUT2D eigenvalue weighted by Crippen LogP contribution is -2.36. The summed E-state index contributed by atoms with van der Waals surface area (Å²) >= 11 is 0. The summed E-state index contributed by atoms with van der Waals surface area (Å²) < 4.78 is 11.0. The number of morpholine rings is 1. The predicted octanol–water partition coefficient (Wildman–Crippen LogP) is 3.02. The lowest BCUT2D eigenvalue weighted by molar-refractivity contribution is -0.116. The monoisotopic (exact) mass is 355 g/mol. The van der Waals surface area contributed by atoms with Gasteiger partial charge in [-0.15, -0.1) is 0 Å². The third-order valence-electron chi connectivity index (χ3n) is 4.20. The van der Waals surface area contributed by atoms with E-state index in [9.17, 15) is 4.79 Å². The highest BCUT2D eigenvalue weighted by Gasteiger charge is 2.11. The summed E-state index contributed by atoms with van der Waals surface area (Å²) in [5.41, 5.74) is 2.21. The SMILES string of the molecule is Cc1cccc(OCCCC(=O)Nc2ccc(N3CCOCC3)cn2)c1. The van der Waals surface area contributed by atoms with Gasteiger partial charge in [0.2, 0.25) is 5.91 Å². The Kier molecular flexibility index (Phi) is 6.44. The van der Waals surface area contributed by atoms with Crippen LogP contribution in [0.15, 0.2) is 42.6 Å². The number of anilines is 2. The fourth-order valence-corrected chi connectivity index (χ4v) is 2.80. The Labute approximate surface area is 154 Å². The Balaban J connectivity index is 1.39. The lowest BCUT2D eigenvalue weighted by Gasteiger charge is -2.28. The molecule has 0 aliphatic carbocycles. The molecule has 1 saturated heterocycles. The number of nitrogens with one attached hydrogen (secondary N) is 1. The van der Waals surface area contributed by atoms with Crippen molar-refractivity contribution >= 4 is 17.4 Å². The zero-order chi connectivity index (χ0) is 18.2. The minimum absolute atomic E-state index is 0.0514. The summed E-state index contributed by atoms with van der Waals surface area (Å²) in [5, 5.41) is 2.83. The standard InChI is InChI=1S/C20H25N3O3/c1-16-4-2-5-18(14-16)26-11-3-6-20(24)22-19-8-7-17(15-21-19)23-9-12-25-13-10-23/h2,4-5,7-8,14-15H,3,6,9-13H2,1H3,(H,21,22,24). The maximum atomic E-state index is 12.0. The normalized spacial score (nSPS) is 14.1. The second-order valence-corrected chi connectivity index (χ2v) is 6.32. The van der Waals surface area contributed by atoms with Gasteiger partial charge in [0, 0.05) is 19.5 Å². The summed E-state index contributed by atoms with van der Waals surface area (Å²) in [6.45, 7) is 5.76. The van der Waals surface area contributed by atoms with Crippen LogP contribution in [0, 0.1) is 6.92 Å². The van der Waals surface area contributed by atoms with Crippen LogP contribution in [-0.4, -0.2) is 43.8 Å². The quantitative estimate of drug-likeness (QED) is 0.774. The number of hydrogen-bond donors (Lipinski definition) is 1. The molecule has 1 amide bonds. The number of benzene rings is 1. The van der Waals surface area contributed by atoms with Gasteiger partial charge in [-0.2, -0.15) is 0 Å². The number of rotatable bonds is 7. The van der Waals surface area contributed by atoms with E-state index < -0.39 is 0 Å². The highest BCUT2D eigenvalue weighted by molar-refractivity contribution is 5.89. The fourth-order valence-electron chi connectivity index (χ4n) is 2.80. The van der Waals surface area contributed by atoms with Crippen molar-refractivity contribution in [3.63, 3.8) is 0 Å². The van der Waals surface area contributed by atoms with Gasteiger partial charge in [-0.25, -0.2) is 4.98 Å². The third kappa shape index (κ3) is 5.46. The summed E-state index contributed by atoms with van der Waals surface area (Å²) in [6.07, 6.45) is 2.85.